The molecule has 1 aromatic carbocycles. The van der Waals surface area contributed by atoms with E-state index in [1.54, 1.807) is 35.2 Å². The van der Waals surface area contributed by atoms with Crippen molar-refractivity contribution >= 4 is 17.7 Å². The average Bonchev–Trinajstić information content (AvgIpc) is 2.48. The minimum Gasteiger partial charge on any atom is -0.368 e. The van der Waals surface area contributed by atoms with Gasteiger partial charge >= 0.3 is 0 Å². The molecule has 3 amide bonds. The molecule has 0 radical (unpaired) electrons. The van der Waals surface area contributed by atoms with Gasteiger partial charge in [0.2, 0.25) is 11.8 Å². The van der Waals surface area contributed by atoms with Crippen molar-refractivity contribution in [2.24, 2.45) is 5.73 Å². The maximum atomic E-state index is 11.9. The number of nitrogens with two attached hydrogens (primary N) is 1. The number of piperazine rings is 1. The molecule has 112 valence electrons. The maximum absolute atomic E-state index is 11.9. The molecule has 1 aromatic rings. The monoisotopic (exact) mass is 290 g/mol. The summed E-state index contributed by atoms with van der Waals surface area (Å²) in [7, 11) is 0. The number of benzene rings is 1. The molecular weight excluding hydrogens is 272 g/mol. The zero-order valence-corrected chi connectivity index (χ0v) is 11.5. The van der Waals surface area contributed by atoms with Gasteiger partial charge in [-0.05, 0) is 12.1 Å². The minimum absolute atomic E-state index is 0.0339. The Bertz CT molecular complexity index is 532. The summed E-state index contributed by atoms with van der Waals surface area (Å²) in [4.78, 5) is 36.8. The van der Waals surface area contributed by atoms with Gasteiger partial charge < -0.3 is 11.1 Å². The number of primary amides is 1. The summed E-state index contributed by atoms with van der Waals surface area (Å²) in [5.41, 5.74) is 5.72. The minimum atomic E-state index is -0.531. The first-order valence-electron chi connectivity index (χ1n) is 6.71. The summed E-state index contributed by atoms with van der Waals surface area (Å²) >= 11 is 0. The van der Waals surface area contributed by atoms with Gasteiger partial charge in [-0.3, -0.25) is 24.6 Å². The van der Waals surface area contributed by atoms with Gasteiger partial charge in [0.25, 0.3) is 5.91 Å². The van der Waals surface area contributed by atoms with E-state index in [9.17, 15) is 14.4 Å². The van der Waals surface area contributed by atoms with E-state index in [1.165, 1.54) is 0 Å². The summed E-state index contributed by atoms with van der Waals surface area (Å²) in [5.74, 6) is -1.38. The summed E-state index contributed by atoms with van der Waals surface area (Å²) in [6.07, 6.45) is 0. The molecule has 1 aliphatic heterocycles. The molecule has 0 spiro atoms. The summed E-state index contributed by atoms with van der Waals surface area (Å²) < 4.78 is 0. The lowest BCUT2D eigenvalue weighted by molar-refractivity contribution is -0.127. The van der Waals surface area contributed by atoms with Gasteiger partial charge in [-0.25, -0.2) is 0 Å². The molecular formula is C14H18N4O3. The van der Waals surface area contributed by atoms with E-state index < -0.39 is 23.8 Å². The van der Waals surface area contributed by atoms with Crippen LogP contribution in [-0.4, -0.2) is 54.8 Å². The van der Waals surface area contributed by atoms with Gasteiger partial charge in [-0.2, -0.15) is 0 Å². The van der Waals surface area contributed by atoms with E-state index in [2.05, 4.69) is 10.6 Å². The first-order chi connectivity index (χ1) is 10.1. The number of hydrogen-bond donors (Lipinski definition) is 3. The zero-order valence-electron chi connectivity index (χ0n) is 11.5. The molecule has 1 unspecified atom stereocenters. The van der Waals surface area contributed by atoms with Gasteiger partial charge in [0, 0.05) is 25.2 Å². The molecule has 0 aromatic heterocycles. The number of nitrogens with zero attached hydrogens (tertiary/aromatic N) is 1. The van der Waals surface area contributed by atoms with Crippen LogP contribution in [0.25, 0.3) is 0 Å². The van der Waals surface area contributed by atoms with Crippen LogP contribution >= 0.6 is 0 Å². The fourth-order valence-corrected chi connectivity index (χ4v) is 2.23. The van der Waals surface area contributed by atoms with Crippen LogP contribution in [0.5, 0.6) is 0 Å². The van der Waals surface area contributed by atoms with Crippen molar-refractivity contribution in [1.29, 1.82) is 0 Å². The summed E-state index contributed by atoms with van der Waals surface area (Å²) in [5, 5.41) is 5.36. The van der Waals surface area contributed by atoms with Crippen LogP contribution in [0.15, 0.2) is 30.3 Å². The van der Waals surface area contributed by atoms with E-state index in [0.717, 1.165) is 0 Å². The Balaban J connectivity index is 1.92. The van der Waals surface area contributed by atoms with Crippen molar-refractivity contribution < 1.29 is 14.4 Å². The molecule has 0 aliphatic carbocycles. The largest absolute Gasteiger partial charge is 0.368 e. The van der Waals surface area contributed by atoms with Gasteiger partial charge in [-0.1, -0.05) is 18.2 Å². The highest BCUT2D eigenvalue weighted by atomic mass is 16.2. The van der Waals surface area contributed by atoms with Crippen molar-refractivity contribution in [1.82, 2.24) is 15.5 Å². The topological polar surface area (TPSA) is 105 Å². The Morgan fingerprint density at radius 2 is 2.00 bits per heavy atom. The first kappa shape index (κ1) is 15.1. The Morgan fingerprint density at radius 1 is 1.29 bits per heavy atom. The van der Waals surface area contributed by atoms with Crippen molar-refractivity contribution in [3.05, 3.63) is 35.9 Å². The Labute approximate surface area is 122 Å². The van der Waals surface area contributed by atoms with E-state index in [1.807, 2.05) is 0 Å². The molecule has 21 heavy (non-hydrogen) atoms. The molecule has 4 N–H and O–H groups in total. The van der Waals surface area contributed by atoms with Crippen LogP contribution < -0.4 is 16.4 Å². The lowest BCUT2D eigenvalue weighted by atomic mass is 10.1. The highest BCUT2D eigenvalue weighted by Crippen LogP contribution is 2.03. The van der Waals surface area contributed by atoms with Crippen LogP contribution in [0.1, 0.15) is 10.4 Å². The number of carbonyl (C=O) groups excluding carboxylic acids is 3. The zero-order chi connectivity index (χ0) is 15.2. The lowest BCUT2D eigenvalue weighted by Crippen LogP contribution is -2.59. The van der Waals surface area contributed by atoms with E-state index in [0.29, 0.717) is 25.2 Å². The molecule has 0 bridgehead atoms. The normalized spacial score (nSPS) is 19.0. The standard InChI is InChI=1S/C14H18N4O3/c15-13(20)11-8-16-6-7-18(11)9-12(19)17-14(21)10-4-2-1-3-5-10/h1-5,11,16H,6-9H2,(H2,15,20)(H,17,19,21). The number of hydrogen-bond acceptors (Lipinski definition) is 5. The van der Waals surface area contributed by atoms with Crippen molar-refractivity contribution in [2.75, 3.05) is 26.2 Å². The van der Waals surface area contributed by atoms with Crippen LogP contribution in [0.4, 0.5) is 0 Å². The van der Waals surface area contributed by atoms with Gasteiger partial charge in [-0.15, -0.1) is 0 Å². The second kappa shape index (κ2) is 6.96. The molecule has 1 aliphatic rings. The van der Waals surface area contributed by atoms with Crippen molar-refractivity contribution in [2.45, 2.75) is 6.04 Å². The van der Waals surface area contributed by atoms with Crippen LogP contribution in [-0.2, 0) is 9.59 Å². The second-order valence-corrected chi connectivity index (χ2v) is 4.84. The molecule has 1 atom stereocenters. The molecule has 7 nitrogen and oxygen atoms in total. The smallest absolute Gasteiger partial charge is 0.257 e. The second-order valence-electron chi connectivity index (χ2n) is 4.84. The molecule has 2 rings (SSSR count). The quantitative estimate of drug-likeness (QED) is 0.639. The van der Waals surface area contributed by atoms with Crippen LogP contribution in [0.3, 0.4) is 0 Å². The van der Waals surface area contributed by atoms with Gasteiger partial charge in [0.1, 0.15) is 6.04 Å². The van der Waals surface area contributed by atoms with Gasteiger partial charge in [0.15, 0.2) is 0 Å². The lowest BCUT2D eigenvalue weighted by Gasteiger charge is -2.33. The summed E-state index contributed by atoms with van der Waals surface area (Å²) in [6, 6.07) is 7.95. The van der Waals surface area contributed by atoms with Crippen molar-refractivity contribution in [3.63, 3.8) is 0 Å². The number of nitrogens with one attached hydrogen (secondary N) is 2. The Morgan fingerprint density at radius 3 is 2.67 bits per heavy atom. The highest BCUT2D eigenvalue weighted by molar-refractivity contribution is 6.05. The Kier molecular flexibility index (Phi) is 5.02. The predicted molar refractivity (Wildman–Crippen MR) is 76.3 cm³/mol. The number of carbonyl (C=O) groups is 3. The maximum Gasteiger partial charge on any atom is 0.257 e. The third kappa shape index (κ3) is 4.11. The van der Waals surface area contributed by atoms with Crippen LogP contribution in [0.2, 0.25) is 0 Å². The predicted octanol–water partition coefficient (Wildman–Crippen LogP) is -1.30. The van der Waals surface area contributed by atoms with E-state index >= 15 is 0 Å². The molecule has 0 saturated carbocycles. The molecule has 7 heteroatoms. The SMILES string of the molecule is NC(=O)C1CNCCN1CC(=O)NC(=O)c1ccccc1. The third-order valence-electron chi connectivity index (χ3n) is 3.32. The molecule has 1 heterocycles. The fraction of sp³-hybridized carbons (Fsp3) is 0.357. The van der Waals surface area contributed by atoms with E-state index in [4.69, 9.17) is 5.73 Å². The fourth-order valence-electron chi connectivity index (χ4n) is 2.23. The van der Waals surface area contributed by atoms with Crippen LogP contribution in [0, 0.1) is 0 Å². The third-order valence-corrected chi connectivity index (χ3v) is 3.32. The van der Waals surface area contributed by atoms with Crippen molar-refractivity contribution in [3.8, 4) is 0 Å². The van der Waals surface area contributed by atoms with E-state index in [-0.39, 0.29) is 6.54 Å². The summed E-state index contributed by atoms with van der Waals surface area (Å²) in [6.45, 7) is 1.58. The molecule has 1 saturated heterocycles. The molecule has 1 fully saturated rings. The van der Waals surface area contributed by atoms with Gasteiger partial charge in [0.05, 0.1) is 6.54 Å². The average molecular weight is 290 g/mol. The Hall–Kier alpha value is -2.25. The highest BCUT2D eigenvalue weighted by Gasteiger charge is 2.28. The number of imide groups is 1. The number of amides is 3. The first-order valence-corrected chi connectivity index (χ1v) is 6.71. The number of rotatable bonds is 4.